The van der Waals surface area contributed by atoms with Crippen LogP contribution in [-0.2, 0) is 12.6 Å². The van der Waals surface area contributed by atoms with Crippen molar-refractivity contribution in [1.29, 1.82) is 0 Å². The van der Waals surface area contributed by atoms with Crippen molar-refractivity contribution in [1.82, 2.24) is 34.2 Å². The highest BCUT2D eigenvalue weighted by Crippen LogP contribution is 2.62. The number of carbonyl (C=O) groups is 1. The minimum Gasteiger partial charge on any atom is -0.478 e. The standard InChI is InChI=1S/C24H32FN9O3/c1-23(2,3)34(22(35)36)16-11-32(9-14(16)25)21-28-18(27-15-10-31(4)30-20(15)37-5)17-19(29-21)33(12-26-17)24-6-13(7-24)8-24/h10,12-14,16H,6-9,11H2,1-5H3,(H,35,36)(H,27,28,29). The number of hydrogen-bond acceptors (Lipinski definition) is 8. The SMILES string of the molecule is COc1nn(C)cc1Nc1nc(N2CC(F)C(N(C(=O)O)C(C)(C)C)C2)nc2c1ncn2C12CC(C1)C2. The molecule has 4 aliphatic rings. The second kappa shape index (κ2) is 7.93. The maximum absolute atomic E-state index is 15.3. The quantitative estimate of drug-likeness (QED) is 0.511. The number of alkyl halides is 1. The molecule has 2 N–H and O–H groups in total. The molecule has 0 radical (unpaired) electrons. The van der Waals surface area contributed by atoms with Crippen molar-refractivity contribution < 1.29 is 19.0 Å². The molecule has 0 spiro atoms. The Morgan fingerprint density at radius 2 is 2.00 bits per heavy atom. The monoisotopic (exact) mass is 513 g/mol. The Labute approximate surface area is 213 Å². The number of methoxy groups -OCH3 is 1. The van der Waals surface area contributed by atoms with Crippen molar-refractivity contribution in [2.45, 2.75) is 63.3 Å². The number of fused-ring (bicyclic) bond motifs is 1. The van der Waals surface area contributed by atoms with Crippen LogP contribution in [0.25, 0.3) is 11.2 Å². The third-order valence-corrected chi connectivity index (χ3v) is 7.91. The zero-order chi connectivity index (χ0) is 26.3. The molecular formula is C24H32FN9O3. The van der Waals surface area contributed by atoms with Crippen molar-refractivity contribution in [3.8, 4) is 5.88 Å². The third-order valence-electron chi connectivity index (χ3n) is 7.91. The highest BCUT2D eigenvalue weighted by atomic mass is 19.1. The van der Waals surface area contributed by atoms with Gasteiger partial charge in [0.25, 0.3) is 5.88 Å². The first-order chi connectivity index (χ1) is 17.5. The van der Waals surface area contributed by atoms with Crippen LogP contribution in [0, 0.1) is 5.92 Å². The topological polar surface area (TPSA) is 126 Å². The van der Waals surface area contributed by atoms with Gasteiger partial charge < -0.3 is 24.6 Å². The first kappa shape index (κ1) is 23.7. The average molecular weight is 514 g/mol. The van der Waals surface area contributed by atoms with Crippen molar-refractivity contribution >= 4 is 34.7 Å². The lowest BCUT2D eigenvalue weighted by atomic mass is 9.50. The summed E-state index contributed by atoms with van der Waals surface area (Å²) in [6, 6.07) is -0.839. The summed E-state index contributed by atoms with van der Waals surface area (Å²) in [5, 5.41) is 17.4. The molecule has 2 bridgehead atoms. The van der Waals surface area contributed by atoms with Gasteiger partial charge in [0, 0.05) is 24.7 Å². The number of halogens is 1. The molecule has 198 valence electrons. The largest absolute Gasteiger partial charge is 0.478 e. The molecule has 3 saturated carbocycles. The van der Waals surface area contributed by atoms with Crippen molar-refractivity contribution in [3.63, 3.8) is 0 Å². The van der Waals surface area contributed by atoms with Gasteiger partial charge in [-0.2, -0.15) is 9.97 Å². The van der Waals surface area contributed by atoms with E-state index in [1.807, 2.05) is 6.33 Å². The lowest BCUT2D eigenvalue weighted by Gasteiger charge is -2.62. The number of nitrogens with zero attached hydrogens (tertiary/aromatic N) is 8. The first-order valence-corrected chi connectivity index (χ1v) is 12.5. The van der Waals surface area contributed by atoms with Gasteiger partial charge in [0.15, 0.2) is 17.0 Å². The summed E-state index contributed by atoms with van der Waals surface area (Å²) in [4.78, 5) is 29.2. The van der Waals surface area contributed by atoms with Crippen molar-refractivity contribution in [2.24, 2.45) is 13.0 Å². The predicted molar refractivity (Wildman–Crippen MR) is 134 cm³/mol. The molecular weight excluding hydrogens is 481 g/mol. The molecule has 7 rings (SSSR count). The summed E-state index contributed by atoms with van der Waals surface area (Å²) in [5.41, 5.74) is 1.18. The van der Waals surface area contributed by atoms with Gasteiger partial charge >= 0.3 is 6.09 Å². The molecule has 4 heterocycles. The normalized spacial score (nSPS) is 26.6. The maximum Gasteiger partial charge on any atom is 0.408 e. The van der Waals surface area contributed by atoms with Crippen LogP contribution in [0.3, 0.4) is 0 Å². The summed E-state index contributed by atoms with van der Waals surface area (Å²) >= 11 is 0. The van der Waals surface area contributed by atoms with Crippen molar-refractivity contribution in [2.75, 3.05) is 30.4 Å². The van der Waals surface area contributed by atoms with Gasteiger partial charge in [-0.25, -0.2) is 14.2 Å². The number of anilines is 3. The molecule has 1 amide bonds. The van der Waals surface area contributed by atoms with E-state index >= 15 is 4.39 Å². The summed E-state index contributed by atoms with van der Waals surface area (Å²) in [6.07, 6.45) is 4.39. The predicted octanol–water partition coefficient (Wildman–Crippen LogP) is 3.13. The lowest BCUT2D eigenvalue weighted by Crippen LogP contribution is -2.59. The van der Waals surface area contributed by atoms with Gasteiger partial charge in [0.2, 0.25) is 5.95 Å². The van der Waals surface area contributed by atoms with E-state index in [0.717, 1.165) is 25.2 Å². The minimum atomic E-state index is -1.38. The second-order valence-corrected chi connectivity index (χ2v) is 11.5. The molecule has 2 unspecified atom stereocenters. The summed E-state index contributed by atoms with van der Waals surface area (Å²) in [5.74, 6) is 1.96. The van der Waals surface area contributed by atoms with Crippen LogP contribution in [0.5, 0.6) is 5.88 Å². The molecule has 3 aromatic heterocycles. The third kappa shape index (κ3) is 3.65. The van der Waals surface area contributed by atoms with Crippen LogP contribution in [0.2, 0.25) is 0 Å². The Balaban J connectivity index is 1.41. The van der Waals surface area contributed by atoms with Gasteiger partial charge in [-0.1, -0.05) is 0 Å². The molecule has 3 aromatic rings. The van der Waals surface area contributed by atoms with Crippen LogP contribution in [0.1, 0.15) is 40.0 Å². The molecule has 3 aliphatic carbocycles. The van der Waals surface area contributed by atoms with E-state index in [0.29, 0.717) is 34.5 Å². The van der Waals surface area contributed by atoms with Gasteiger partial charge in [0.05, 0.1) is 32.2 Å². The maximum atomic E-state index is 15.3. The molecule has 13 heteroatoms. The van der Waals surface area contributed by atoms with E-state index in [1.165, 1.54) is 4.90 Å². The molecule has 37 heavy (non-hydrogen) atoms. The van der Waals surface area contributed by atoms with Gasteiger partial charge in [0.1, 0.15) is 11.9 Å². The highest BCUT2D eigenvalue weighted by Gasteiger charge is 2.58. The van der Waals surface area contributed by atoms with E-state index in [2.05, 4.69) is 20.0 Å². The van der Waals surface area contributed by atoms with Gasteiger partial charge in [-0.05, 0) is 46.0 Å². The number of hydrogen-bond donors (Lipinski definition) is 2. The van der Waals surface area contributed by atoms with E-state index < -0.39 is 23.8 Å². The number of ether oxygens (including phenoxy) is 1. The zero-order valence-corrected chi connectivity index (χ0v) is 21.6. The van der Waals surface area contributed by atoms with E-state index in [9.17, 15) is 9.90 Å². The molecule has 2 atom stereocenters. The Morgan fingerprint density at radius 3 is 2.59 bits per heavy atom. The molecule has 1 aliphatic heterocycles. The first-order valence-electron chi connectivity index (χ1n) is 12.5. The Morgan fingerprint density at radius 1 is 1.27 bits per heavy atom. The Kier molecular flexibility index (Phi) is 5.09. The fourth-order valence-corrected chi connectivity index (χ4v) is 6.10. The van der Waals surface area contributed by atoms with Crippen LogP contribution in [0.15, 0.2) is 12.5 Å². The minimum absolute atomic E-state index is 0.00690. The fraction of sp³-hybridized carbons (Fsp3) is 0.625. The molecule has 12 nitrogen and oxygen atoms in total. The average Bonchev–Trinajstić information content (AvgIpc) is 3.42. The fourth-order valence-electron chi connectivity index (χ4n) is 6.10. The van der Waals surface area contributed by atoms with Crippen LogP contribution >= 0.6 is 0 Å². The van der Waals surface area contributed by atoms with Gasteiger partial charge in [-0.3, -0.25) is 9.58 Å². The van der Waals surface area contributed by atoms with Gasteiger partial charge in [-0.15, -0.1) is 5.10 Å². The number of nitrogens with one attached hydrogen (secondary N) is 1. The van der Waals surface area contributed by atoms with E-state index in [1.54, 1.807) is 50.7 Å². The number of amides is 1. The molecule has 0 aromatic carbocycles. The second-order valence-electron chi connectivity index (χ2n) is 11.5. The lowest BCUT2D eigenvalue weighted by molar-refractivity contribution is -0.0862. The van der Waals surface area contributed by atoms with E-state index in [4.69, 9.17) is 14.7 Å². The molecule has 4 fully saturated rings. The smallest absolute Gasteiger partial charge is 0.408 e. The highest BCUT2D eigenvalue weighted by molar-refractivity contribution is 5.87. The number of aromatic nitrogens is 6. The summed E-state index contributed by atoms with van der Waals surface area (Å²) in [7, 11) is 3.34. The Hall–Kier alpha value is -3.64. The van der Waals surface area contributed by atoms with E-state index in [-0.39, 0.29) is 18.6 Å². The van der Waals surface area contributed by atoms with Crippen LogP contribution < -0.4 is 15.0 Å². The number of carboxylic acid groups (broad SMARTS) is 1. The summed E-state index contributed by atoms with van der Waals surface area (Å²) in [6.45, 7) is 5.44. The summed E-state index contributed by atoms with van der Waals surface area (Å²) < 4.78 is 24.5. The number of imidazole rings is 1. The zero-order valence-electron chi connectivity index (χ0n) is 21.6. The molecule has 1 saturated heterocycles. The van der Waals surface area contributed by atoms with Crippen LogP contribution in [-0.4, -0.2) is 83.4 Å². The Bertz CT molecular complexity index is 1360. The van der Waals surface area contributed by atoms with Crippen molar-refractivity contribution in [3.05, 3.63) is 12.5 Å². The van der Waals surface area contributed by atoms with Crippen LogP contribution in [0.4, 0.5) is 26.6 Å². The number of rotatable bonds is 6. The number of aryl methyl sites for hydroxylation is 1.